The fraction of sp³-hybridized carbons (Fsp3) is 0.133. The first kappa shape index (κ1) is 17.7. The minimum atomic E-state index is -0.858. The third kappa shape index (κ3) is 3.78. The van der Waals surface area contributed by atoms with Crippen molar-refractivity contribution in [2.45, 2.75) is 6.54 Å². The Labute approximate surface area is 150 Å². The zero-order chi connectivity index (χ0) is 19.4. The highest BCUT2D eigenvalue weighted by atomic mass is 16.6. The monoisotopic (exact) mass is 372 g/mol. The fourth-order valence-electron chi connectivity index (χ4n) is 2.21. The van der Waals surface area contributed by atoms with E-state index in [1.54, 1.807) is 6.07 Å². The van der Waals surface area contributed by atoms with Gasteiger partial charge in [-0.25, -0.2) is 19.3 Å². The second-order valence-electron chi connectivity index (χ2n) is 5.12. The number of ether oxygens (including phenoxy) is 1. The second kappa shape index (κ2) is 7.43. The van der Waals surface area contributed by atoms with Gasteiger partial charge in [0.15, 0.2) is 5.82 Å². The Kier molecular flexibility index (Phi) is 4.88. The lowest BCUT2D eigenvalue weighted by Crippen LogP contribution is -2.26. The number of nitrogens with one attached hydrogen (secondary N) is 1. The molecule has 1 amide bonds. The molecular weight excluding hydrogens is 360 g/mol. The molecule has 0 saturated heterocycles. The molecule has 3 rings (SSSR count). The van der Waals surface area contributed by atoms with Gasteiger partial charge in [0.25, 0.3) is 5.69 Å². The number of methoxy groups -OCH3 is 1. The first-order chi connectivity index (χ1) is 13.0. The number of carbonyl (C=O) groups is 1. The summed E-state index contributed by atoms with van der Waals surface area (Å²) in [5, 5.41) is 16.9. The lowest BCUT2D eigenvalue weighted by Gasteiger charge is -2.10. The summed E-state index contributed by atoms with van der Waals surface area (Å²) < 4.78 is 10.6. The van der Waals surface area contributed by atoms with Gasteiger partial charge >= 0.3 is 5.76 Å². The highest BCUT2D eigenvalue weighted by Gasteiger charge is 2.19. The van der Waals surface area contributed by atoms with E-state index in [2.05, 4.69) is 25.0 Å². The maximum absolute atomic E-state index is 12.3. The van der Waals surface area contributed by atoms with Gasteiger partial charge in [-0.3, -0.25) is 19.4 Å². The lowest BCUT2D eigenvalue weighted by atomic mass is 10.2. The predicted octanol–water partition coefficient (Wildman–Crippen LogP) is 0.849. The number of nitro groups is 1. The first-order valence-corrected chi connectivity index (χ1v) is 7.45. The zero-order valence-corrected chi connectivity index (χ0v) is 13.9. The number of anilines is 1. The van der Waals surface area contributed by atoms with Crippen LogP contribution in [0.3, 0.4) is 0 Å². The summed E-state index contributed by atoms with van der Waals surface area (Å²) in [6.07, 6.45) is 2.90. The van der Waals surface area contributed by atoms with E-state index in [1.165, 1.54) is 37.7 Å². The van der Waals surface area contributed by atoms with Gasteiger partial charge in [0.05, 0.1) is 23.8 Å². The number of aromatic nitrogens is 4. The molecule has 0 fully saturated rings. The van der Waals surface area contributed by atoms with Crippen molar-refractivity contribution in [2.75, 3.05) is 12.4 Å². The average molecular weight is 372 g/mol. The summed E-state index contributed by atoms with van der Waals surface area (Å²) in [5.41, 5.74) is 0.0127. The van der Waals surface area contributed by atoms with E-state index in [1.807, 2.05) is 0 Å². The molecule has 0 radical (unpaired) electrons. The number of hydrogen-bond acceptors (Lipinski definition) is 9. The van der Waals surface area contributed by atoms with Crippen LogP contribution in [0.2, 0.25) is 0 Å². The number of non-ortho nitro benzene ring substituents is 1. The summed E-state index contributed by atoms with van der Waals surface area (Å²) in [7, 11) is 1.31. The first-order valence-electron chi connectivity index (χ1n) is 7.45. The van der Waals surface area contributed by atoms with Crippen LogP contribution in [0.15, 0.2) is 46.0 Å². The van der Waals surface area contributed by atoms with E-state index in [4.69, 9.17) is 4.74 Å². The molecule has 3 aromatic rings. The second-order valence-corrected chi connectivity index (χ2v) is 5.12. The van der Waals surface area contributed by atoms with Gasteiger partial charge in [-0.2, -0.15) is 0 Å². The quantitative estimate of drug-likeness (QED) is 0.489. The Morgan fingerprint density at radius 1 is 1.37 bits per heavy atom. The molecule has 0 bridgehead atoms. The number of amides is 1. The number of carbonyl (C=O) groups excluding carboxylic acids is 1. The fourth-order valence-corrected chi connectivity index (χ4v) is 2.21. The van der Waals surface area contributed by atoms with Gasteiger partial charge < -0.3 is 10.1 Å². The number of benzene rings is 1. The maximum Gasteiger partial charge on any atom is 0.442 e. The van der Waals surface area contributed by atoms with Crippen LogP contribution in [-0.4, -0.2) is 37.6 Å². The van der Waals surface area contributed by atoms with Crippen molar-refractivity contribution in [1.29, 1.82) is 0 Å². The van der Waals surface area contributed by atoms with Crippen LogP contribution in [0.25, 0.3) is 11.6 Å². The topological polar surface area (TPSA) is 155 Å². The van der Waals surface area contributed by atoms with E-state index >= 15 is 0 Å². The predicted molar refractivity (Wildman–Crippen MR) is 90.1 cm³/mol. The molecule has 0 aliphatic heterocycles. The molecule has 12 nitrogen and oxygen atoms in total. The molecule has 12 heteroatoms. The van der Waals surface area contributed by atoms with E-state index in [-0.39, 0.29) is 28.8 Å². The van der Waals surface area contributed by atoms with Crippen molar-refractivity contribution in [2.24, 2.45) is 0 Å². The SMILES string of the molecule is COc1cc([N+](=O)[O-])ccc1NC(=O)Cn1c(-c2ncccn2)noc1=O. The van der Waals surface area contributed by atoms with Crippen molar-refractivity contribution < 1.29 is 19.0 Å². The smallest absolute Gasteiger partial charge is 0.442 e. The molecule has 0 aliphatic carbocycles. The van der Waals surface area contributed by atoms with Crippen LogP contribution in [-0.2, 0) is 11.3 Å². The van der Waals surface area contributed by atoms with Crippen molar-refractivity contribution >= 4 is 17.3 Å². The molecule has 1 N–H and O–H groups in total. The van der Waals surface area contributed by atoms with Crippen LogP contribution < -0.4 is 15.8 Å². The van der Waals surface area contributed by atoms with E-state index < -0.39 is 23.1 Å². The third-order valence-corrected chi connectivity index (χ3v) is 3.42. The highest BCUT2D eigenvalue weighted by molar-refractivity contribution is 5.92. The molecule has 1 aromatic carbocycles. The normalized spacial score (nSPS) is 10.4. The summed E-state index contributed by atoms with van der Waals surface area (Å²) in [6.45, 7) is -0.434. The number of hydrogen-bond donors (Lipinski definition) is 1. The lowest BCUT2D eigenvalue weighted by molar-refractivity contribution is -0.384. The van der Waals surface area contributed by atoms with E-state index in [0.717, 1.165) is 4.57 Å². The van der Waals surface area contributed by atoms with Crippen molar-refractivity contribution in [3.05, 3.63) is 57.3 Å². The number of nitro benzene ring substituents is 1. The molecule has 0 spiro atoms. The van der Waals surface area contributed by atoms with Gasteiger partial charge in [0.1, 0.15) is 12.3 Å². The van der Waals surface area contributed by atoms with Gasteiger partial charge in [0.2, 0.25) is 11.7 Å². The van der Waals surface area contributed by atoms with Crippen molar-refractivity contribution in [1.82, 2.24) is 19.7 Å². The molecule has 0 saturated carbocycles. The van der Waals surface area contributed by atoms with E-state index in [0.29, 0.717) is 0 Å². The van der Waals surface area contributed by atoms with Crippen LogP contribution in [0.5, 0.6) is 5.75 Å². The number of rotatable bonds is 6. The zero-order valence-electron chi connectivity index (χ0n) is 13.9. The van der Waals surface area contributed by atoms with E-state index in [9.17, 15) is 19.7 Å². The molecule has 0 aliphatic rings. The van der Waals surface area contributed by atoms with Gasteiger partial charge in [-0.15, -0.1) is 0 Å². The van der Waals surface area contributed by atoms with Gasteiger partial charge in [-0.1, -0.05) is 5.16 Å². The summed E-state index contributed by atoms with van der Waals surface area (Å²) in [4.78, 5) is 42.3. The summed E-state index contributed by atoms with van der Waals surface area (Å²) in [5.74, 6) is -1.26. The van der Waals surface area contributed by atoms with Crippen LogP contribution in [0.1, 0.15) is 0 Å². The minimum Gasteiger partial charge on any atom is -0.494 e. The molecule has 138 valence electrons. The van der Waals surface area contributed by atoms with Crippen molar-refractivity contribution in [3.8, 4) is 17.4 Å². The summed E-state index contributed by atoms with van der Waals surface area (Å²) >= 11 is 0. The molecule has 2 aromatic heterocycles. The van der Waals surface area contributed by atoms with Crippen LogP contribution >= 0.6 is 0 Å². The molecule has 0 atom stereocenters. The van der Waals surface area contributed by atoms with Crippen LogP contribution in [0.4, 0.5) is 11.4 Å². The highest BCUT2D eigenvalue weighted by Crippen LogP contribution is 2.29. The Bertz CT molecular complexity index is 1040. The average Bonchev–Trinajstić information content (AvgIpc) is 3.03. The Morgan fingerprint density at radius 3 is 2.78 bits per heavy atom. The molecular formula is C15H12N6O6. The molecule has 0 unspecified atom stereocenters. The third-order valence-electron chi connectivity index (χ3n) is 3.42. The largest absolute Gasteiger partial charge is 0.494 e. The number of nitrogens with zero attached hydrogens (tertiary/aromatic N) is 5. The Morgan fingerprint density at radius 2 is 2.11 bits per heavy atom. The standard InChI is InChI=1S/C15H12N6O6/c1-26-11-7-9(21(24)25)3-4-10(11)18-12(22)8-20-14(19-27-15(20)23)13-16-5-2-6-17-13/h2-7H,8H2,1H3,(H,18,22). The van der Waals surface area contributed by atoms with Crippen molar-refractivity contribution in [3.63, 3.8) is 0 Å². The molecule has 2 heterocycles. The Hall–Kier alpha value is -4.09. The maximum atomic E-state index is 12.3. The summed E-state index contributed by atoms with van der Waals surface area (Å²) in [6, 6.07) is 5.30. The van der Waals surface area contributed by atoms with Crippen LogP contribution in [0, 0.1) is 10.1 Å². The van der Waals surface area contributed by atoms with Gasteiger partial charge in [0, 0.05) is 18.5 Å². The minimum absolute atomic E-state index is 0.00795. The Balaban J connectivity index is 1.83. The van der Waals surface area contributed by atoms with Gasteiger partial charge in [-0.05, 0) is 12.1 Å². The molecule has 27 heavy (non-hydrogen) atoms.